The first-order valence-corrected chi connectivity index (χ1v) is 18.9. The fourth-order valence-electron chi connectivity index (χ4n) is 9.49. The molecule has 5 aromatic rings. The summed E-state index contributed by atoms with van der Waals surface area (Å²) >= 11 is 0. The number of aromatic nitrogens is 3. The Hall–Kier alpha value is -6.21. The van der Waals surface area contributed by atoms with Gasteiger partial charge in [-0.25, -0.2) is 0 Å². The number of benzene rings is 2. The van der Waals surface area contributed by atoms with Crippen LogP contribution >= 0.6 is 0 Å². The van der Waals surface area contributed by atoms with E-state index in [-0.39, 0.29) is 17.3 Å². The van der Waals surface area contributed by atoms with E-state index in [0.717, 1.165) is 123 Å². The first-order chi connectivity index (χ1) is 26.1. The molecule has 274 valence electrons. The Balaban J connectivity index is 1.44. The van der Waals surface area contributed by atoms with Gasteiger partial charge in [-0.1, -0.05) is 55.1 Å². The largest absolute Gasteiger partial charge is 0.356 e. The molecule has 2 aromatic carbocycles. The lowest BCUT2D eigenvalue weighted by Crippen LogP contribution is -2.32. The second kappa shape index (κ2) is 11.6. The third-order valence-corrected chi connectivity index (χ3v) is 13.0. The Labute approximate surface area is 320 Å². The fraction of sp³-hybridized carbons (Fsp3) is 0.229. The van der Waals surface area contributed by atoms with Gasteiger partial charge >= 0.3 is 0 Å². The van der Waals surface area contributed by atoms with Crippen molar-refractivity contribution in [2.45, 2.75) is 68.7 Å². The van der Waals surface area contributed by atoms with Crippen molar-refractivity contribution in [1.82, 2.24) is 20.3 Å². The quantitative estimate of drug-likeness (QED) is 0.138. The standard InChI is InChI=1S/C48H44N4O3/c1-21-23(3)42-38(33-15-11-31(12-16-33)28(8)53)44-25(5)26(6)45(51-44)40-35-20-48(41(35)30(10)55)27(7)46(52-47(40)48)39(34-17-13-32(14-18-34)29(9)54)43-24(4)22(2)37(50-43)19-36(21)49-42/h11-19,49-52H,7,20H2,1-6,8-10H3/t48-/m0/s1. The number of aromatic amines is 3. The molecule has 55 heavy (non-hydrogen) atoms. The third kappa shape index (κ3) is 4.53. The minimum atomic E-state index is -0.656. The van der Waals surface area contributed by atoms with E-state index in [1.54, 1.807) is 20.8 Å². The average molecular weight is 725 g/mol. The molecule has 2 aliphatic heterocycles. The third-order valence-electron chi connectivity index (χ3n) is 13.0. The number of nitrogens with one attached hydrogen (secondary N) is 4. The fourth-order valence-corrected chi connectivity index (χ4v) is 9.49. The topological polar surface area (TPSA) is 111 Å². The molecule has 0 saturated carbocycles. The predicted octanol–water partition coefficient (Wildman–Crippen LogP) is 7.94. The highest BCUT2D eigenvalue weighted by atomic mass is 16.1. The zero-order valence-corrected chi connectivity index (χ0v) is 32.8. The van der Waals surface area contributed by atoms with Crippen molar-refractivity contribution < 1.29 is 14.4 Å². The van der Waals surface area contributed by atoms with Crippen LogP contribution in [0.3, 0.4) is 0 Å². The summed E-state index contributed by atoms with van der Waals surface area (Å²) in [6, 6.07) is 15.7. The minimum absolute atomic E-state index is 0.0104. The number of allylic oxidation sites excluding steroid dienone is 4. The van der Waals surface area contributed by atoms with Crippen LogP contribution in [0.2, 0.25) is 0 Å². The van der Waals surface area contributed by atoms with Crippen LogP contribution in [0.5, 0.6) is 0 Å². The summed E-state index contributed by atoms with van der Waals surface area (Å²) in [4.78, 5) is 49.9. The van der Waals surface area contributed by atoms with Gasteiger partial charge in [-0.05, 0) is 130 Å². The van der Waals surface area contributed by atoms with Crippen LogP contribution in [0, 0.1) is 47.0 Å². The Kier molecular flexibility index (Phi) is 7.32. The molecule has 3 aromatic heterocycles. The van der Waals surface area contributed by atoms with Gasteiger partial charge < -0.3 is 20.3 Å². The van der Waals surface area contributed by atoms with E-state index >= 15 is 0 Å². The number of hydrogen-bond acceptors (Lipinski definition) is 4. The van der Waals surface area contributed by atoms with Gasteiger partial charge in [0.25, 0.3) is 0 Å². The molecule has 3 aliphatic carbocycles. The summed E-state index contributed by atoms with van der Waals surface area (Å²) in [5, 5.41) is 5.91. The van der Waals surface area contributed by atoms with Gasteiger partial charge in [-0.15, -0.1) is 0 Å². The van der Waals surface area contributed by atoms with Crippen molar-refractivity contribution in [3.8, 4) is 0 Å². The van der Waals surface area contributed by atoms with E-state index in [0.29, 0.717) is 17.5 Å². The van der Waals surface area contributed by atoms with Gasteiger partial charge in [0.1, 0.15) is 0 Å². The highest BCUT2D eigenvalue weighted by Crippen LogP contribution is 2.71. The number of fused-ring (bicyclic) bond motifs is 7. The van der Waals surface area contributed by atoms with Crippen molar-refractivity contribution in [3.05, 3.63) is 172 Å². The van der Waals surface area contributed by atoms with Gasteiger partial charge in [-0.3, -0.25) is 14.4 Å². The highest BCUT2D eigenvalue weighted by Gasteiger charge is 2.63. The second-order valence-corrected chi connectivity index (χ2v) is 15.8. The van der Waals surface area contributed by atoms with Crippen LogP contribution < -0.4 is 16.0 Å². The smallest absolute Gasteiger partial charge is 0.159 e. The number of H-pyrrole nitrogens is 3. The van der Waals surface area contributed by atoms with E-state index in [2.05, 4.69) is 67.9 Å². The van der Waals surface area contributed by atoms with Crippen LogP contribution in [0.1, 0.15) is 115 Å². The van der Waals surface area contributed by atoms with Crippen LogP contribution in [0.25, 0.3) is 22.8 Å². The molecule has 10 rings (SSSR count). The first-order valence-electron chi connectivity index (χ1n) is 18.9. The van der Waals surface area contributed by atoms with E-state index in [4.69, 9.17) is 6.58 Å². The number of rotatable bonds is 5. The molecule has 1 saturated heterocycles. The van der Waals surface area contributed by atoms with Crippen molar-refractivity contribution in [1.29, 1.82) is 0 Å². The predicted molar refractivity (Wildman–Crippen MR) is 218 cm³/mol. The molecule has 1 fully saturated rings. The zero-order valence-electron chi connectivity index (χ0n) is 32.8. The lowest BCUT2D eigenvalue weighted by molar-refractivity contribution is -0.114. The first kappa shape index (κ1) is 34.6. The van der Waals surface area contributed by atoms with Gasteiger partial charge in [0.2, 0.25) is 0 Å². The molecule has 0 unspecified atom stereocenters. The number of hydrogen-bond donors (Lipinski definition) is 4. The average Bonchev–Trinajstić information content (AvgIpc) is 3.93. The molecule has 1 atom stereocenters. The molecule has 4 N–H and O–H groups in total. The van der Waals surface area contributed by atoms with Crippen LogP contribution in [0.4, 0.5) is 0 Å². The number of carbonyl (C=O) groups excluding carboxylic acids is 3. The SMILES string of the molecule is C=C1C2=C(c3ccc(C(C)=O)cc3)c3[nH]c(c(C)c3C)C=c3[nH]c(c(C)c3C)=C(c3ccc(C(C)=O)cc3)c3[nH]c(c(C)c3C)C3=C(N2)[C@@]12CC3=C2C(C)=O. The van der Waals surface area contributed by atoms with E-state index in [1.165, 1.54) is 0 Å². The molecule has 0 radical (unpaired) electrons. The highest BCUT2D eigenvalue weighted by molar-refractivity contribution is 6.11. The van der Waals surface area contributed by atoms with Crippen molar-refractivity contribution in [2.75, 3.05) is 0 Å². The lowest BCUT2D eigenvalue weighted by atomic mass is 9.63. The summed E-state index contributed by atoms with van der Waals surface area (Å²) in [5.41, 5.74) is 20.8. The maximum absolute atomic E-state index is 13.7. The Morgan fingerprint density at radius 2 is 1.13 bits per heavy atom. The molecular weight excluding hydrogens is 681 g/mol. The molecule has 7 heteroatoms. The molecule has 5 aliphatic rings. The lowest BCUT2D eigenvalue weighted by Gasteiger charge is -2.36. The van der Waals surface area contributed by atoms with E-state index in [9.17, 15) is 14.4 Å². The summed E-state index contributed by atoms with van der Waals surface area (Å²) < 4.78 is 0. The van der Waals surface area contributed by atoms with E-state index < -0.39 is 5.41 Å². The molecular formula is C48H44N4O3. The van der Waals surface area contributed by atoms with Gasteiger partial charge in [0, 0.05) is 50.2 Å². The summed E-state index contributed by atoms with van der Waals surface area (Å²) in [7, 11) is 0. The molecule has 1 spiro atoms. The van der Waals surface area contributed by atoms with Crippen molar-refractivity contribution in [2.24, 2.45) is 5.41 Å². The molecule has 5 heterocycles. The molecule has 7 nitrogen and oxygen atoms in total. The zero-order chi connectivity index (χ0) is 39.0. The van der Waals surface area contributed by atoms with Crippen LogP contribution in [0.15, 0.2) is 83.2 Å². The normalized spacial score (nSPS) is 18.2. The molecule has 0 amide bonds. The number of Topliss-reactive ketones (excluding diaryl/α,β-unsaturated/α-hetero) is 3. The minimum Gasteiger partial charge on any atom is -0.356 e. The van der Waals surface area contributed by atoms with E-state index in [1.807, 2.05) is 48.5 Å². The van der Waals surface area contributed by atoms with Crippen LogP contribution in [-0.2, 0) is 4.79 Å². The maximum atomic E-state index is 13.7. The summed E-state index contributed by atoms with van der Waals surface area (Å²) in [6.45, 7) is 22.5. The number of ketones is 3. The van der Waals surface area contributed by atoms with Gasteiger partial charge in [0.05, 0.1) is 33.5 Å². The van der Waals surface area contributed by atoms with Crippen molar-refractivity contribution >= 4 is 40.1 Å². The maximum Gasteiger partial charge on any atom is 0.159 e. The van der Waals surface area contributed by atoms with Gasteiger partial charge in [0.15, 0.2) is 17.3 Å². The summed E-state index contributed by atoms with van der Waals surface area (Å²) in [6.07, 6.45) is 2.88. The van der Waals surface area contributed by atoms with Crippen molar-refractivity contribution in [3.63, 3.8) is 0 Å². The van der Waals surface area contributed by atoms with Gasteiger partial charge in [-0.2, -0.15) is 0 Å². The Bertz CT molecular complexity index is 2890. The number of carbonyl (C=O) groups is 3. The monoisotopic (exact) mass is 724 g/mol. The Morgan fingerprint density at radius 1 is 0.600 bits per heavy atom. The summed E-state index contributed by atoms with van der Waals surface area (Å²) in [5.74, 6) is 0.0830. The Morgan fingerprint density at radius 3 is 1.69 bits per heavy atom. The van der Waals surface area contributed by atoms with Crippen LogP contribution in [-0.4, -0.2) is 32.3 Å². The second-order valence-electron chi connectivity index (χ2n) is 15.8. The molecule has 10 bridgehead atoms.